The van der Waals surface area contributed by atoms with Gasteiger partial charge in [-0.25, -0.2) is 0 Å². The molecule has 0 aliphatic carbocycles. The van der Waals surface area contributed by atoms with Crippen LogP contribution in [0.4, 0.5) is 0 Å². The van der Waals surface area contributed by atoms with Gasteiger partial charge in [0.05, 0.1) is 18.8 Å². The molecule has 2 heterocycles. The van der Waals surface area contributed by atoms with Crippen molar-refractivity contribution in [2.75, 3.05) is 33.3 Å². The maximum Gasteiger partial charge on any atom is 0.0904 e. The van der Waals surface area contributed by atoms with E-state index in [1.54, 1.807) is 0 Å². The SMILES string of the molecule is CCCN1CCOC(C(NC)c2ccc(C)s2)C1. The Labute approximate surface area is 114 Å². The third-order valence-corrected chi connectivity index (χ3v) is 4.55. The molecule has 1 aromatic heterocycles. The minimum absolute atomic E-state index is 0.272. The van der Waals surface area contributed by atoms with Crippen LogP contribution in [-0.4, -0.2) is 44.3 Å². The predicted molar refractivity (Wildman–Crippen MR) is 77.3 cm³/mol. The van der Waals surface area contributed by atoms with Crippen molar-refractivity contribution in [3.05, 3.63) is 21.9 Å². The van der Waals surface area contributed by atoms with Crippen LogP contribution in [0.25, 0.3) is 0 Å². The predicted octanol–water partition coefficient (Wildman–Crippen LogP) is 2.43. The van der Waals surface area contributed by atoms with Gasteiger partial charge in [0.15, 0.2) is 0 Å². The van der Waals surface area contributed by atoms with E-state index in [2.05, 4.69) is 36.2 Å². The van der Waals surface area contributed by atoms with Crippen molar-refractivity contribution >= 4 is 11.3 Å². The van der Waals surface area contributed by atoms with Crippen LogP contribution in [0.15, 0.2) is 12.1 Å². The van der Waals surface area contributed by atoms with E-state index >= 15 is 0 Å². The summed E-state index contributed by atoms with van der Waals surface area (Å²) >= 11 is 1.87. The number of nitrogens with one attached hydrogen (secondary N) is 1. The summed E-state index contributed by atoms with van der Waals surface area (Å²) in [4.78, 5) is 5.27. The van der Waals surface area contributed by atoms with E-state index in [9.17, 15) is 0 Å². The number of likely N-dealkylation sites (N-methyl/N-ethyl adjacent to an activating group) is 1. The van der Waals surface area contributed by atoms with Crippen molar-refractivity contribution in [1.29, 1.82) is 0 Å². The molecule has 0 spiro atoms. The van der Waals surface area contributed by atoms with E-state index in [0.717, 1.165) is 19.7 Å². The molecule has 0 aromatic carbocycles. The van der Waals surface area contributed by atoms with Crippen molar-refractivity contribution in [2.45, 2.75) is 32.4 Å². The zero-order valence-corrected chi connectivity index (χ0v) is 12.4. The van der Waals surface area contributed by atoms with Gasteiger partial charge in [0.2, 0.25) is 0 Å². The standard InChI is InChI=1S/C14H24N2OS/c1-4-7-16-8-9-17-12(10-16)14(15-3)13-6-5-11(2)18-13/h5-6,12,14-15H,4,7-10H2,1-3H3. The summed E-state index contributed by atoms with van der Waals surface area (Å²) in [6.07, 6.45) is 1.49. The Kier molecular flexibility index (Phi) is 5.18. The first kappa shape index (κ1) is 14.0. The molecule has 0 amide bonds. The lowest BCUT2D eigenvalue weighted by atomic mass is 10.1. The summed E-state index contributed by atoms with van der Waals surface area (Å²) in [5.74, 6) is 0. The van der Waals surface area contributed by atoms with E-state index in [4.69, 9.17) is 4.74 Å². The molecule has 2 unspecified atom stereocenters. The number of hydrogen-bond acceptors (Lipinski definition) is 4. The topological polar surface area (TPSA) is 24.5 Å². The lowest BCUT2D eigenvalue weighted by molar-refractivity contribution is -0.0453. The summed E-state index contributed by atoms with van der Waals surface area (Å²) in [6, 6.07) is 4.74. The van der Waals surface area contributed by atoms with Gasteiger partial charge in [-0.1, -0.05) is 6.92 Å². The summed E-state index contributed by atoms with van der Waals surface area (Å²) in [6.45, 7) is 8.54. The molecule has 0 saturated carbocycles. The Balaban J connectivity index is 2.03. The van der Waals surface area contributed by atoms with Gasteiger partial charge in [-0.05, 0) is 39.1 Å². The van der Waals surface area contributed by atoms with Crippen LogP contribution in [0.1, 0.15) is 29.1 Å². The highest BCUT2D eigenvalue weighted by Crippen LogP contribution is 2.28. The van der Waals surface area contributed by atoms with Gasteiger partial charge in [0, 0.05) is 22.8 Å². The highest BCUT2D eigenvalue weighted by molar-refractivity contribution is 7.12. The van der Waals surface area contributed by atoms with Crippen LogP contribution in [0.3, 0.4) is 0 Å². The second-order valence-corrected chi connectivity index (χ2v) is 6.24. The fourth-order valence-corrected chi connectivity index (χ4v) is 3.63. The van der Waals surface area contributed by atoms with E-state index in [-0.39, 0.29) is 6.10 Å². The third kappa shape index (κ3) is 3.32. The van der Waals surface area contributed by atoms with Crippen molar-refractivity contribution in [1.82, 2.24) is 10.2 Å². The smallest absolute Gasteiger partial charge is 0.0904 e. The maximum atomic E-state index is 5.97. The second kappa shape index (κ2) is 6.66. The Morgan fingerprint density at radius 3 is 3.00 bits per heavy atom. The summed E-state index contributed by atoms with van der Waals surface area (Å²) in [5, 5.41) is 3.42. The number of hydrogen-bond donors (Lipinski definition) is 1. The van der Waals surface area contributed by atoms with E-state index in [0.29, 0.717) is 6.04 Å². The Hall–Kier alpha value is -0.420. The summed E-state index contributed by atoms with van der Waals surface area (Å²) < 4.78 is 5.97. The van der Waals surface area contributed by atoms with Crippen LogP contribution < -0.4 is 5.32 Å². The number of nitrogens with zero attached hydrogens (tertiary/aromatic N) is 1. The minimum Gasteiger partial charge on any atom is -0.374 e. The molecule has 2 rings (SSSR count). The fraction of sp³-hybridized carbons (Fsp3) is 0.714. The van der Waals surface area contributed by atoms with Gasteiger partial charge in [-0.15, -0.1) is 11.3 Å². The minimum atomic E-state index is 0.272. The molecule has 1 N–H and O–H groups in total. The van der Waals surface area contributed by atoms with Crippen LogP contribution in [0.2, 0.25) is 0 Å². The van der Waals surface area contributed by atoms with Crippen molar-refractivity contribution in [2.24, 2.45) is 0 Å². The quantitative estimate of drug-likeness (QED) is 0.887. The number of morpholine rings is 1. The Bertz CT molecular complexity index is 364. The molecule has 0 bridgehead atoms. The first-order valence-electron chi connectivity index (χ1n) is 6.82. The average molecular weight is 268 g/mol. The largest absolute Gasteiger partial charge is 0.374 e. The molecule has 1 aromatic rings. The van der Waals surface area contributed by atoms with Crippen molar-refractivity contribution in [3.63, 3.8) is 0 Å². The van der Waals surface area contributed by atoms with Gasteiger partial charge in [-0.2, -0.15) is 0 Å². The first-order valence-corrected chi connectivity index (χ1v) is 7.63. The molecule has 1 saturated heterocycles. The van der Waals surface area contributed by atoms with E-state index in [1.165, 1.54) is 22.7 Å². The van der Waals surface area contributed by atoms with Gasteiger partial charge in [-0.3, -0.25) is 4.90 Å². The number of aryl methyl sites for hydroxylation is 1. The number of rotatable bonds is 5. The van der Waals surface area contributed by atoms with E-state index < -0.39 is 0 Å². The maximum absolute atomic E-state index is 5.97. The normalized spacial score (nSPS) is 23.2. The van der Waals surface area contributed by atoms with Gasteiger partial charge >= 0.3 is 0 Å². The molecule has 3 nitrogen and oxygen atoms in total. The highest BCUT2D eigenvalue weighted by Gasteiger charge is 2.28. The van der Waals surface area contributed by atoms with Crippen molar-refractivity contribution in [3.8, 4) is 0 Å². The molecule has 1 aliphatic heterocycles. The lowest BCUT2D eigenvalue weighted by Gasteiger charge is -2.36. The molecule has 18 heavy (non-hydrogen) atoms. The molecular formula is C14H24N2OS. The molecular weight excluding hydrogens is 244 g/mol. The molecule has 4 heteroatoms. The third-order valence-electron chi connectivity index (χ3n) is 3.47. The first-order chi connectivity index (χ1) is 8.74. The summed E-state index contributed by atoms with van der Waals surface area (Å²) in [5.41, 5.74) is 0. The number of ether oxygens (including phenoxy) is 1. The van der Waals surface area contributed by atoms with Gasteiger partial charge in [0.1, 0.15) is 0 Å². The van der Waals surface area contributed by atoms with Gasteiger partial charge in [0.25, 0.3) is 0 Å². The average Bonchev–Trinajstić information content (AvgIpc) is 2.78. The van der Waals surface area contributed by atoms with E-state index in [1.807, 2.05) is 18.4 Å². The fourth-order valence-electron chi connectivity index (χ4n) is 2.58. The zero-order chi connectivity index (χ0) is 13.0. The molecule has 102 valence electrons. The van der Waals surface area contributed by atoms with Crippen LogP contribution in [0.5, 0.6) is 0 Å². The second-order valence-electron chi connectivity index (χ2n) is 4.92. The highest BCUT2D eigenvalue weighted by atomic mass is 32.1. The number of thiophene rings is 1. The summed E-state index contributed by atoms with van der Waals surface area (Å²) in [7, 11) is 2.03. The lowest BCUT2D eigenvalue weighted by Crippen LogP contribution is -2.47. The molecule has 1 fully saturated rings. The molecule has 2 atom stereocenters. The van der Waals surface area contributed by atoms with Crippen LogP contribution in [-0.2, 0) is 4.74 Å². The molecule has 1 aliphatic rings. The van der Waals surface area contributed by atoms with Gasteiger partial charge < -0.3 is 10.1 Å². The monoisotopic (exact) mass is 268 g/mol. The van der Waals surface area contributed by atoms with Crippen molar-refractivity contribution < 1.29 is 4.74 Å². The zero-order valence-electron chi connectivity index (χ0n) is 11.6. The van der Waals surface area contributed by atoms with Crippen LogP contribution >= 0.6 is 11.3 Å². The Morgan fingerprint density at radius 2 is 2.39 bits per heavy atom. The molecule has 0 radical (unpaired) electrons. The van der Waals surface area contributed by atoms with Crippen LogP contribution in [0, 0.1) is 6.92 Å². The Morgan fingerprint density at radius 1 is 1.56 bits per heavy atom.